The molecule has 0 radical (unpaired) electrons. The van der Waals surface area contributed by atoms with Crippen LogP contribution in [0.1, 0.15) is 21.5 Å². The van der Waals surface area contributed by atoms with Crippen molar-refractivity contribution >= 4 is 17.7 Å². The third-order valence-electron chi connectivity index (χ3n) is 2.74. The van der Waals surface area contributed by atoms with Crippen LogP contribution in [0.4, 0.5) is 0 Å². The molecule has 92 valence electrons. The van der Waals surface area contributed by atoms with Crippen LogP contribution in [0.2, 0.25) is 0 Å². The van der Waals surface area contributed by atoms with Gasteiger partial charge >= 0.3 is 5.97 Å². The summed E-state index contributed by atoms with van der Waals surface area (Å²) in [4.78, 5) is 13.1. The van der Waals surface area contributed by atoms with E-state index in [2.05, 4.69) is 0 Å². The van der Waals surface area contributed by atoms with Gasteiger partial charge in [0, 0.05) is 9.79 Å². The number of rotatable bonds is 3. The van der Waals surface area contributed by atoms with Crippen molar-refractivity contribution in [2.24, 2.45) is 0 Å². The molecule has 0 aliphatic carbocycles. The number of carboxylic acid groups (broad SMARTS) is 1. The summed E-state index contributed by atoms with van der Waals surface area (Å²) in [5, 5.41) is 9.17. The van der Waals surface area contributed by atoms with Crippen LogP contribution in [-0.2, 0) is 0 Å². The molecule has 1 N–H and O–H groups in total. The molecule has 18 heavy (non-hydrogen) atoms. The number of carboxylic acids is 1. The fourth-order valence-corrected chi connectivity index (χ4v) is 2.89. The third kappa shape index (κ3) is 2.57. The lowest BCUT2D eigenvalue weighted by Crippen LogP contribution is -1.98. The van der Waals surface area contributed by atoms with E-state index in [-0.39, 0.29) is 0 Å². The maximum Gasteiger partial charge on any atom is 0.336 e. The largest absolute Gasteiger partial charge is 0.478 e. The summed E-state index contributed by atoms with van der Waals surface area (Å²) in [6.45, 7) is 4.08. The number of hydrogen-bond acceptors (Lipinski definition) is 2. The Kier molecular flexibility index (Phi) is 3.72. The average molecular weight is 258 g/mol. The molecule has 0 heterocycles. The molecule has 3 heteroatoms. The van der Waals surface area contributed by atoms with Gasteiger partial charge in [-0.25, -0.2) is 4.79 Å². The van der Waals surface area contributed by atoms with E-state index in [0.717, 1.165) is 9.79 Å². The van der Waals surface area contributed by atoms with Crippen molar-refractivity contribution in [2.75, 3.05) is 0 Å². The molecule has 0 aliphatic rings. The Balaban J connectivity index is 2.43. The van der Waals surface area contributed by atoms with E-state index >= 15 is 0 Å². The van der Waals surface area contributed by atoms with Crippen molar-refractivity contribution in [3.63, 3.8) is 0 Å². The average Bonchev–Trinajstić information content (AvgIpc) is 2.34. The Labute approximate surface area is 111 Å². The van der Waals surface area contributed by atoms with Gasteiger partial charge in [-0.3, -0.25) is 0 Å². The summed E-state index contributed by atoms with van der Waals surface area (Å²) in [5.41, 5.74) is 2.69. The molecule has 0 aromatic heterocycles. The molecule has 2 aromatic rings. The van der Waals surface area contributed by atoms with E-state index in [9.17, 15) is 4.79 Å². The Bertz CT molecular complexity index is 571. The molecule has 0 saturated carbocycles. The standard InChI is InChI=1S/C15H14O2S/c1-10-6-5-7-11(2)14(10)18-13-9-4-3-8-12(13)15(16)17/h3-9H,1-2H3,(H,16,17). The first-order valence-electron chi connectivity index (χ1n) is 5.66. The summed E-state index contributed by atoms with van der Waals surface area (Å²) in [5.74, 6) is -0.885. The number of hydrogen-bond donors (Lipinski definition) is 1. The fraction of sp³-hybridized carbons (Fsp3) is 0.133. The lowest BCUT2D eigenvalue weighted by atomic mass is 10.2. The molecule has 0 unspecified atom stereocenters. The molecule has 0 aliphatic heterocycles. The molecule has 0 fully saturated rings. The number of carbonyl (C=O) groups is 1. The van der Waals surface area contributed by atoms with Crippen molar-refractivity contribution in [3.05, 3.63) is 59.2 Å². The van der Waals surface area contributed by atoms with Crippen LogP contribution in [0.25, 0.3) is 0 Å². The molecule has 0 atom stereocenters. The first kappa shape index (κ1) is 12.7. The SMILES string of the molecule is Cc1cccc(C)c1Sc1ccccc1C(=O)O. The van der Waals surface area contributed by atoms with Gasteiger partial charge in [-0.1, -0.05) is 42.1 Å². The van der Waals surface area contributed by atoms with Crippen LogP contribution < -0.4 is 0 Å². The lowest BCUT2D eigenvalue weighted by molar-refractivity contribution is 0.0693. The Morgan fingerprint density at radius 1 is 1.00 bits per heavy atom. The maximum atomic E-state index is 11.2. The van der Waals surface area contributed by atoms with Crippen LogP contribution in [0.15, 0.2) is 52.3 Å². The zero-order valence-electron chi connectivity index (χ0n) is 10.3. The molecule has 0 saturated heterocycles. The van der Waals surface area contributed by atoms with Crippen LogP contribution in [0, 0.1) is 13.8 Å². The van der Waals surface area contributed by atoms with Crippen molar-refractivity contribution < 1.29 is 9.90 Å². The quantitative estimate of drug-likeness (QED) is 0.898. The van der Waals surface area contributed by atoms with Crippen molar-refractivity contribution in [1.29, 1.82) is 0 Å². The van der Waals surface area contributed by atoms with E-state index in [0.29, 0.717) is 5.56 Å². The molecule has 2 aromatic carbocycles. The summed E-state index contributed by atoms with van der Waals surface area (Å²) in [7, 11) is 0. The first-order valence-corrected chi connectivity index (χ1v) is 6.47. The molecule has 0 amide bonds. The number of aromatic carboxylic acids is 1. The van der Waals surface area contributed by atoms with E-state index in [1.807, 2.05) is 44.2 Å². The predicted octanol–water partition coefficient (Wildman–Crippen LogP) is 4.15. The fourth-order valence-electron chi connectivity index (χ4n) is 1.80. The zero-order chi connectivity index (χ0) is 13.1. The Morgan fingerprint density at radius 3 is 2.22 bits per heavy atom. The normalized spacial score (nSPS) is 10.3. The second-order valence-corrected chi connectivity index (χ2v) is 5.18. The minimum atomic E-state index is -0.885. The van der Waals surface area contributed by atoms with Gasteiger partial charge < -0.3 is 5.11 Å². The van der Waals surface area contributed by atoms with Gasteiger partial charge in [0.2, 0.25) is 0 Å². The van der Waals surface area contributed by atoms with Crippen LogP contribution in [-0.4, -0.2) is 11.1 Å². The van der Waals surface area contributed by atoms with Gasteiger partial charge in [-0.05, 0) is 37.1 Å². The zero-order valence-corrected chi connectivity index (χ0v) is 11.1. The van der Waals surface area contributed by atoms with Gasteiger partial charge in [-0.15, -0.1) is 0 Å². The third-order valence-corrected chi connectivity index (χ3v) is 4.16. The second-order valence-electron chi connectivity index (χ2n) is 4.12. The summed E-state index contributed by atoms with van der Waals surface area (Å²) >= 11 is 1.51. The Morgan fingerprint density at radius 2 is 1.61 bits per heavy atom. The van der Waals surface area contributed by atoms with Gasteiger partial charge in [0.1, 0.15) is 0 Å². The first-order chi connectivity index (χ1) is 8.59. The summed E-state index contributed by atoms with van der Waals surface area (Å²) < 4.78 is 0. The van der Waals surface area contributed by atoms with E-state index in [4.69, 9.17) is 5.11 Å². The van der Waals surface area contributed by atoms with E-state index in [1.165, 1.54) is 22.9 Å². The second kappa shape index (κ2) is 5.27. The van der Waals surface area contributed by atoms with Gasteiger partial charge in [0.25, 0.3) is 0 Å². The van der Waals surface area contributed by atoms with Gasteiger partial charge in [0.15, 0.2) is 0 Å². The molecule has 2 rings (SSSR count). The van der Waals surface area contributed by atoms with Crippen molar-refractivity contribution in [2.45, 2.75) is 23.6 Å². The van der Waals surface area contributed by atoms with Crippen LogP contribution in [0.5, 0.6) is 0 Å². The summed E-state index contributed by atoms with van der Waals surface area (Å²) in [6, 6.07) is 13.2. The van der Waals surface area contributed by atoms with Crippen LogP contribution >= 0.6 is 11.8 Å². The highest BCUT2D eigenvalue weighted by molar-refractivity contribution is 7.99. The molecule has 2 nitrogen and oxygen atoms in total. The Hall–Kier alpha value is -1.74. The molecule has 0 bridgehead atoms. The lowest BCUT2D eigenvalue weighted by Gasteiger charge is -2.10. The molecular weight excluding hydrogens is 244 g/mol. The van der Waals surface area contributed by atoms with E-state index in [1.54, 1.807) is 12.1 Å². The topological polar surface area (TPSA) is 37.3 Å². The summed E-state index contributed by atoms with van der Waals surface area (Å²) in [6.07, 6.45) is 0. The molecule has 0 spiro atoms. The van der Waals surface area contributed by atoms with Gasteiger partial charge in [-0.2, -0.15) is 0 Å². The minimum Gasteiger partial charge on any atom is -0.478 e. The molecular formula is C15H14O2S. The minimum absolute atomic E-state index is 0.352. The van der Waals surface area contributed by atoms with Crippen molar-refractivity contribution in [3.8, 4) is 0 Å². The smallest absolute Gasteiger partial charge is 0.336 e. The van der Waals surface area contributed by atoms with Crippen molar-refractivity contribution in [1.82, 2.24) is 0 Å². The monoisotopic (exact) mass is 258 g/mol. The highest BCUT2D eigenvalue weighted by Crippen LogP contribution is 2.34. The van der Waals surface area contributed by atoms with E-state index < -0.39 is 5.97 Å². The van der Waals surface area contributed by atoms with Crippen LogP contribution in [0.3, 0.4) is 0 Å². The number of aryl methyl sites for hydroxylation is 2. The van der Waals surface area contributed by atoms with Gasteiger partial charge in [0.05, 0.1) is 5.56 Å². The maximum absolute atomic E-state index is 11.2. The highest BCUT2D eigenvalue weighted by Gasteiger charge is 2.12. The number of benzene rings is 2. The highest BCUT2D eigenvalue weighted by atomic mass is 32.2. The predicted molar refractivity (Wildman–Crippen MR) is 73.4 cm³/mol.